The highest BCUT2D eigenvalue weighted by Gasteiger charge is 2.27. The van der Waals surface area contributed by atoms with Crippen molar-refractivity contribution in [1.29, 1.82) is 0 Å². The monoisotopic (exact) mass is 245 g/mol. The minimum atomic E-state index is -1.07. The molecule has 5 heteroatoms. The molecule has 0 atom stereocenters. The topological polar surface area (TPSA) is 88.0 Å². The molecule has 0 radical (unpaired) electrons. The fourth-order valence-corrected chi connectivity index (χ4v) is 1.61. The Bertz CT molecular complexity index is 613. The van der Waals surface area contributed by atoms with Crippen molar-refractivity contribution in [3.8, 4) is 0 Å². The number of aromatic nitrogens is 1. The average Bonchev–Trinajstić information content (AvgIpc) is 2.74. The number of hydrogen-bond acceptors (Lipinski definition) is 2. The summed E-state index contributed by atoms with van der Waals surface area (Å²) in [7, 11) is 0. The minimum Gasteiger partial charge on any atom is -0.368 e. The van der Waals surface area contributed by atoms with Gasteiger partial charge in [0.05, 0.1) is 0 Å². The molecule has 0 aliphatic carbocycles. The van der Waals surface area contributed by atoms with Gasteiger partial charge in [0.15, 0.2) is 0 Å². The van der Waals surface area contributed by atoms with Crippen molar-refractivity contribution < 1.29 is 9.59 Å². The van der Waals surface area contributed by atoms with E-state index in [0.29, 0.717) is 5.56 Å². The molecular formula is C13H15N3O2. The molecule has 0 saturated heterocycles. The first-order chi connectivity index (χ1) is 8.40. The maximum absolute atomic E-state index is 12.0. The molecule has 0 aliphatic rings. The smallest absolute Gasteiger partial charge is 0.252 e. The molecule has 0 bridgehead atoms. The van der Waals surface area contributed by atoms with Crippen LogP contribution in [0.3, 0.4) is 0 Å². The van der Waals surface area contributed by atoms with Crippen LogP contribution in [0.2, 0.25) is 0 Å². The lowest BCUT2D eigenvalue weighted by Gasteiger charge is -2.22. The van der Waals surface area contributed by atoms with E-state index in [2.05, 4.69) is 10.3 Å². The zero-order valence-electron chi connectivity index (χ0n) is 10.3. The van der Waals surface area contributed by atoms with Gasteiger partial charge in [-0.05, 0) is 38.1 Å². The van der Waals surface area contributed by atoms with E-state index in [9.17, 15) is 9.59 Å². The van der Waals surface area contributed by atoms with Crippen molar-refractivity contribution in [3.63, 3.8) is 0 Å². The van der Waals surface area contributed by atoms with Crippen LogP contribution in [0.4, 0.5) is 0 Å². The second-order valence-corrected chi connectivity index (χ2v) is 4.72. The number of H-pyrrole nitrogens is 1. The maximum Gasteiger partial charge on any atom is 0.252 e. The van der Waals surface area contributed by atoms with Crippen LogP contribution < -0.4 is 11.1 Å². The molecule has 1 aromatic carbocycles. The van der Waals surface area contributed by atoms with Gasteiger partial charge in [0.25, 0.3) is 5.91 Å². The number of nitrogens with two attached hydrogens (primary N) is 1. The van der Waals surface area contributed by atoms with Gasteiger partial charge in [-0.15, -0.1) is 0 Å². The number of primary amides is 1. The summed E-state index contributed by atoms with van der Waals surface area (Å²) in [6.07, 6.45) is 1.81. The maximum atomic E-state index is 12.0. The molecule has 0 unspecified atom stereocenters. The fourth-order valence-electron chi connectivity index (χ4n) is 1.61. The van der Waals surface area contributed by atoms with E-state index >= 15 is 0 Å². The third-order valence-corrected chi connectivity index (χ3v) is 2.86. The van der Waals surface area contributed by atoms with E-state index in [1.807, 2.05) is 12.1 Å². The average molecular weight is 245 g/mol. The largest absolute Gasteiger partial charge is 0.368 e. The normalized spacial score (nSPS) is 11.4. The second-order valence-electron chi connectivity index (χ2n) is 4.72. The predicted molar refractivity (Wildman–Crippen MR) is 69.0 cm³/mol. The number of benzene rings is 1. The summed E-state index contributed by atoms with van der Waals surface area (Å²) in [6, 6.07) is 7.16. The Labute approximate surface area is 104 Å². The predicted octanol–water partition coefficient (Wildman–Crippen LogP) is 1.16. The molecule has 5 nitrogen and oxygen atoms in total. The van der Waals surface area contributed by atoms with Crippen LogP contribution in [-0.2, 0) is 4.79 Å². The minimum absolute atomic E-state index is 0.318. The summed E-state index contributed by atoms with van der Waals surface area (Å²) in [5, 5.41) is 3.55. The van der Waals surface area contributed by atoms with E-state index in [4.69, 9.17) is 5.73 Å². The van der Waals surface area contributed by atoms with Gasteiger partial charge in [-0.25, -0.2) is 0 Å². The van der Waals surface area contributed by atoms with E-state index < -0.39 is 11.4 Å². The Morgan fingerprint density at radius 2 is 2.00 bits per heavy atom. The third-order valence-electron chi connectivity index (χ3n) is 2.86. The Morgan fingerprint density at radius 1 is 1.28 bits per heavy atom. The van der Waals surface area contributed by atoms with Crippen molar-refractivity contribution in [1.82, 2.24) is 10.3 Å². The van der Waals surface area contributed by atoms with E-state index in [1.165, 1.54) is 0 Å². The number of carbonyl (C=O) groups excluding carboxylic acids is 2. The Balaban J connectivity index is 2.25. The van der Waals surface area contributed by atoms with Crippen LogP contribution in [0, 0.1) is 0 Å². The van der Waals surface area contributed by atoms with Crippen LogP contribution in [0.1, 0.15) is 24.2 Å². The number of hydrogen-bond donors (Lipinski definition) is 3. The third kappa shape index (κ3) is 2.20. The number of rotatable bonds is 3. The molecule has 4 N–H and O–H groups in total. The Hall–Kier alpha value is -2.30. The lowest BCUT2D eigenvalue weighted by molar-refractivity contribution is -0.122. The van der Waals surface area contributed by atoms with Gasteiger partial charge in [0.2, 0.25) is 5.91 Å². The van der Waals surface area contributed by atoms with Crippen molar-refractivity contribution >= 4 is 22.7 Å². The number of amides is 2. The van der Waals surface area contributed by atoms with E-state index in [1.54, 1.807) is 32.2 Å². The number of aromatic amines is 1. The summed E-state index contributed by atoms with van der Waals surface area (Å²) >= 11 is 0. The van der Waals surface area contributed by atoms with E-state index in [-0.39, 0.29) is 5.91 Å². The zero-order chi connectivity index (χ0) is 13.3. The van der Waals surface area contributed by atoms with Crippen molar-refractivity contribution in [2.24, 2.45) is 5.73 Å². The summed E-state index contributed by atoms with van der Waals surface area (Å²) in [4.78, 5) is 26.2. The highest BCUT2D eigenvalue weighted by molar-refractivity contribution is 6.01. The molecule has 1 aromatic heterocycles. The quantitative estimate of drug-likeness (QED) is 0.757. The van der Waals surface area contributed by atoms with Crippen molar-refractivity contribution in [2.75, 3.05) is 0 Å². The molecule has 94 valence electrons. The Kier molecular flexibility index (Phi) is 2.82. The standard InChI is InChI=1S/C13H15N3O2/c1-13(2,12(14)18)16-11(17)9-3-4-10-8(7-9)5-6-15-10/h3-7,15H,1-2H3,(H2,14,18)(H,16,17). The lowest BCUT2D eigenvalue weighted by atomic mass is 10.0. The van der Waals surface area contributed by atoms with Gasteiger partial charge < -0.3 is 16.0 Å². The van der Waals surface area contributed by atoms with Gasteiger partial charge in [0.1, 0.15) is 5.54 Å². The van der Waals surface area contributed by atoms with Gasteiger partial charge in [-0.2, -0.15) is 0 Å². The molecule has 2 aromatic rings. The molecule has 2 rings (SSSR count). The Morgan fingerprint density at radius 3 is 2.67 bits per heavy atom. The van der Waals surface area contributed by atoms with Gasteiger partial charge in [-0.3, -0.25) is 9.59 Å². The van der Waals surface area contributed by atoms with Crippen LogP contribution in [0.15, 0.2) is 30.5 Å². The second kappa shape index (κ2) is 4.18. The first kappa shape index (κ1) is 12.2. The van der Waals surface area contributed by atoms with Crippen LogP contribution in [0.5, 0.6) is 0 Å². The first-order valence-corrected chi connectivity index (χ1v) is 5.60. The number of fused-ring (bicyclic) bond motifs is 1. The lowest BCUT2D eigenvalue weighted by Crippen LogP contribution is -2.52. The fraction of sp³-hybridized carbons (Fsp3) is 0.231. The van der Waals surface area contributed by atoms with Gasteiger partial charge in [0, 0.05) is 22.7 Å². The summed E-state index contributed by atoms with van der Waals surface area (Å²) < 4.78 is 0. The van der Waals surface area contributed by atoms with Crippen LogP contribution in [-0.4, -0.2) is 22.3 Å². The summed E-state index contributed by atoms with van der Waals surface area (Å²) in [5.74, 6) is -0.888. The van der Waals surface area contributed by atoms with Crippen LogP contribution >= 0.6 is 0 Å². The molecule has 0 saturated carbocycles. The number of carbonyl (C=O) groups is 2. The molecular weight excluding hydrogens is 230 g/mol. The van der Waals surface area contributed by atoms with Crippen molar-refractivity contribution in [2.45, 2.75) is 19.4 Å². The van der Waals surface area contributed by atoms with Crippen molar-refractivity contribution in [3.05, 3.63) is 36.0 Å². The van der Waals surface area contributed by atoms with Crippen LogP contribution in [0.25, 0.3) is 10.9 Å². The highest BCUT2D eigenvalue weighted by atomic mass is 16.2. The SMILES string of the molecule is CC(C)(NC(=O)c1ccc2[nH]ccc2c1)C(N)=O. The molecule has 0 fully saturated rings. The first-order valence-electron chi connectivity index (χ1n) is 5.60. The van der Waals surface area contributed by atoms with Gasteiger partial charge in [-0.1, -0.05) is 0 Å². The number of nitrogens with one attached hydrogen (secondary N) is 2. The highest BCUT2D eigenvalue weighted by Crippen LogP contribution is 2.15. The zero-order valence-corrected chi connectivity index (χ0v) is 10.3. The van der Waals surface area contributed by atoms with Gasteiger partial charge >= 0.3 is 0 Å². The molecule has 2 amide bonds. The molecule has 0 aliphatic heterocycles. The molecule has 0 spiro atoms. The summed E-state index contributed by atoms with van der Waals surface area (Å²) in [5.41, 5.74) is 5.60. The molecule has 18 heavy (non-hydrogen) atoms. The van der Waals surface area contributed by atoms with E-state index in [0.717, 1.165) is 10.9 Å². The molecule has 1 heterocycles. The summed E-state index contributed by atoms with van der Waals surface area (Å²) in [6.45, 7) is 3.14.